The number of aryl methyl sites for hydroxylation is 1. The van der Waals surface area contributed by atoms with Gasteiger partial charge in [-0.1, -0.05) is 6.42 Å². The van der Waals surface area contributed by atoms with Crippen LogP contribution in [0.5, 0.6) is 0 Å². The Balaban J connectivity index is 1.60. The van der Waals surface area contributed by atoms with E-state index in [-0.39, 0.29) is 5.91 Å². The van der Waals surface area contributed by atoms with Gasteiger partial charge in [-0.25, -0.2) is 0 Å². The highest BCUT2D eigenvalue weighted by atomic mass is 16.3. The minimum Gasteiger partial charge on any atom is -0.466 e. The molecule has 0 radical (unpaired) electrons. The van der Waals surface area contributed by atoms with E-state index in [4.69, 9.17) is 4.42 Å². The Hall–Kier alpha value is -1.29. The number of nitrogens with zero attached hydrogens (tertiary/aromatic N) is 1. The van der Waals surface area contributed by atoms with Crippen LogP contribution in [0.2, 0.25) is 0 Å². The molecule has 0 saturated carbocycles. The summed E-state index contributed by atoms with van der Waals surface area (Å²) in [5.74, 6) is 2.02. The van der Waals surface area contributed by atoms with Crippen molar-refractivity contribution >= 4 is 5.91 Å². The van der Waals surface area contributed by atoms with Crippen LogP contribution < -0.4 is 5.32 Å². The van der Waals surface area contributed by atoms with Crippen molar-refractivity contribution in [1.29, 1.82) is 0 Å². The molecule has 1 aromatic heterocycles. The quantitative estimate of drug-likeness (QED) is 0.869. The fourth-order valence-electron chi connectivity index (χ4n) is 2.84. The van der Waals surface area contributed by atoms with Crippen molar-refractivity contribution in [2.24, 2.45) is 0 Å². The SMILES string of the molecule is Cc1ccc(CCNC(=O)CC[C@@H]2CCCCN2C)o1. The van der Waals surface area contributed by atoms with Gasteiger partial charge in [0.2, 0.25) is 5.91 Å². The Morgan fingerprint density at radius 2 is 2.30 bits per heavy atom. The lowest BCUT2D eigenvalue weighted by Gasteiger charge is -2.32. The summed E-state index contributed by atoms with van der Waals surface area (Å²) in [7, 11) is 2.17. The lowest BCUT2D eigenvalue weighted by atomic mass is 9.98. The number of amides is 1. The molecule has 1 amide bonds. The third-order valence-electron chi connectivity index (χ3n) is 4.12. The van der Waals surface area contributed by atoms with E-state index in [1.165, 1.54) is 25.8 Å². The molecule has 1 fully saturated rings. The maximum atomic E-state index is 11.8. The van der Waals surface area contributed by atoms with Crippen LogP contribution >= 0.6 is 0 Å². The molecule has 0 bridgehead atoms. The number of piperidine rings is 1. The van der Waals surface area contributed by atoms with E-state index in [0.717, 1.165) is 24.4 Å². The number of likely N-dealkylation sites (tertiary alicyclic amines) is 1. The summed E-state index contributed by atoms with van der Waals surface area (Å²) in [6, 6.07) is 4.51. The standard InChI is InChI=1S/C16H26N2O2/c1-13-6-8-15(20-13)10-11-17-16(19)9-7-14-5-3-4-12-18(14)2/h6,8,14H,3-5,7,9-12H2,1-2H3,(H,17,19)/t14-/m0/s1. The number of rotatable bonds is 6. The van der Waals surface area contributed by atoms with Gasteiger partial charge in [-0.2, -0.15) is 0 Å². The fourth-order valence-corrected chi connectivity index (χ4v) is 2.84. The van der Waals surface area contributed by atoms with Crippen LogP contribution in [-0.2, 0) is 11.2 Å². The first kappa shape index (κ1) is 15.1. The lowest BCUT2D eigenvalue weighted by molar-refractivity contribution is -0.121. The molecule has 0 unspecified atom stereocenters. The maximum Gasteiger partial charge on any atom is 0.220 e. The molecule has 0 aliphatic carbocycles. The number of carbonyl (C=O) groups excluding carboxylic acids is 1. The molecule has 20 heavy (non-hydrogen) atoms. The summed E-state index contributed by atoms with van der Waals surface area (Å²) < 4.78 is 5.48. The van der Waals surface area contributed by atoms with Crippen LogP contribution in [0.4, 0.5) is 0 Å². The van der Waals surface area contributed by atoms with Crippen molar-refractivity contribution in [2.45, 2.75) is 51.5 Å². The maximum absolute atomic E-state index is 11.8. The summed E-state index contributed by atoms with van der Waals surface area (Å²) in [4.78, 5) is 14.2. The molecule has 2 rings (SSSR count). The molecular formula is C16H26N2O2. The van der Waals surface area contributed by atoms with Gasteiger partial charge in [0, 0.05) is 25.4 Å². The van der Waals surface area contributed by atoms with Gasteiger partial charge < -0.3 is 14.6 Å². The molecule has 2 heterocycles. The van der Waals surface area contributed by atoms with E-state index in [0.29, 0.717) is 19.0 Å². The molecule has 1 N–H and O–H groups in total. The predicted octanol–water partition coefficient (Wildman–Crippen LogP) is 2.51. The van der Waals surface area contributed by atoms with Gasteiger partial charge in [0.25, 0.3) is 0 Å². The summed E-state index contributed by atoms with van der Waals surface area (Å²) in [5, 5.41) is 2.98. The van der Waals surface area contributed by atoms with Crippen molar-refractivity contribution in [3.63, 3.8) is 0 Å². The molecule has 1 saturated heterocycles. The third kappa shape index (κ3) is 4.67. The number of hydrogen-bond donors (Lipinski definition) is 1. The largest absolute Gasteiger partial charge is 0.466 e. The summed E-state index contributed by atoms with van der Waals surface area (Å²) in [6.07, 6.45) is 6.20. The lowest BCUT2D eigenvalue weighted by Crippen LogP contribution is -2.37. The molecule has 4 nitrogen and oxygen atoms in total. The Bertz CT molecular complexity index is 428. The highest BCUT2D eigenvalue weighted by molar-refractivity contribution is 5.75. The van der Waals surface area contributed by atoms with E-state index >= 15 is 0 Å². The van der Waals surface area contributed by atoms with Gasteiger partial charge in [-0.05, 0) is 51.9 Å². The second-order valence-corrected chi connectivity index (χ2v) is 5.78. The van der Waals surface area contributed by atoms with E-state index < -0.39 is 0 Å². The van der Waals surface area contributed by atoms with Crippen molar-refractivity contribution < 1.29 is 9.21 Å². The molecule has 4 heteroatoms. The fraction of sp³-hybridized carbons (Fsp3) is 0.688. The van der Waals surface area contributed by atoms with Gasteiger partial charge in [-0.3, -0.25) is 4.79 Å². The molecule has 0 aromatic carbocycles. The third-order valence-corrected chi connectivity index (χ3v) is 4.12. The van der Waals surface area contributed by atoms with Crippen LogP contribution in [0.3, 0.4) is 0 Å². The Kier molecular flexibility index (Phi) is 5.65. The van der Waals surface area contributed by atoms with Gasteiger partial charge in [0.1, 0.15) is 11.5 Å². The zero-order valence-electron chi connectivity index (χ0n) is 12.7. The zero-order chi connectivity index (χ0) is 14.4. The second kappa shape index (κ2) is 7.48. The average molecular weight is 278 g/mol. The summed E-state index contributed by atoms with van der Waals surface area (Å²) in [5.41, 5.74) is 0. The van der Waals surface area contributed by atoms with Crippen molar-refractivity contribution in [3.05, 3.63) is 23.7 Å². The van der Waals surface area contributed by atoms with Crippen molar-refractivity contribution in [1.82, 2.24) is 10.2 Å². The van der Waals surface area contributed by atoms with Crippen LogP contribution in [0.25, 0.3) is 0 Å². The van der Waals surface area contributed by atoms with Gasteiger partial charge in [-0.15, -0.1) is 0 Å². The molecule has 1 atom stereocenters. The smallest absolute Gasteiger partial charge is 0.220 e. The topological polar surface area (TPSA) is 45.5 Å². The second-order valence-electron chi connectivity index (χ2n) is 5.78. The van der Waals surface area contributed by atoms with Crippen LogP contribution in [0.1, 0.15) is 43.6 Å². The molecule has 1 aliphatic rings. The highest BCUT2D eigenvalue weighted by Gasteiger charge is 2.19. The van der Waals surface area contributed by atoms with E-state index in [1.54, 1.807) is 0 Å². The van der Waals surface area contributed by atoms with Crippen LogP contribution in [0.15, 0.2) is 16.5 Å². The summed E-state index contributed by atoms with van der Waals surface area (Å²) >= 11 is 0. The van der Waals surface area contributed by atoms with Gasteiger partial charge in [0.15, 0.2) is 0 Å². The number of nitrogens with one attached hydrogen (secondary N) is 1. The Morgan fingerprint density at radius 1 is 1.45 bits per heavy atom. The van der Waals surface area contributed by atoms with E-state index in [2.05, 4.69) is 17.3 Å². The first-order valence-electron chi connectivity index (χ1n) is 7.67. The van der Waals surface area contributed by atoms with Crippen LogP contribution in [0, 0.1) is 6.92 Å². The van der Waals surface area contributed by atoms with Gasteiger partial charge in [0.05, 0.1) is 0 Å². The average Bonchev–Trinajstić information content (AvgIpc) is 2.83. The first-order valence-corrected chi connectivity index (χ1v) is 7.67. The highest BCUT2D eigenvalue weighted by Crippen LogP contribution is 2.18. The van der Waals surface area contributed by atoms with Gasteiger partial charge >= 0.3 is 0 Å². The Morgan fingerprint density at radius 3 is 3.00 bits per heavy atom. The molecule has 1 aromatic rings. The molecule has 1 aliphatic heterocycles. The van der Waals surface area contributed by atoms with Crippen molar-refractivity contribution in [3.8, 4) is 0 Å². The molecule has 0 spiro atoms. The number of hydrogen-bond acceptors (Lipinski definition) is 3. The minimum atomic E-state index is 0.159. The van der Waals surface area contributed by atoms with Crippen LogP contribution in [-0.4, -0.2) is 37.0 Å². The predicted molar refractivity (Wildman–Crippen MR) is 79.7 cm³/mol. The molecule has 112 valence electrons. The van der Waals surface area contributed by atoms with E-state index in [9.17, 15) is 4.79 Å². The van der Waals surface area contributed by atoms with E-state index in [1.807, 2.05) is 19.1 Å². The normalized spacial score (nSPS) is 20.0. The first-order chi connectivity index (χ1) is 9.65. The monoisotopic (exact) mass is 278 g/mol. The summed E-state index contributed by atoms with van der Waals surface area (Å²) in [6.45, 7) is 3.76. The number of carbonyl (C=O) groups is 1. The minimum absolute atomic E-state index is 0.159. The van der Waals surface area contributed by atoms with Crippen molar-refractivity contribution in [2.75, 3.05) is 20.1 Å². The number of furan rings is 1. The molecular weight excluding hydrogens is 252 g/mol. The zero-order valence-corrected chi connectivity index (χ0v) is 12.7. The Labute approximate surface area is 121 Å².